The maximum Gasteiger partial charge on any atom is 0.449 e. The summed E-state index contributed by atoms with van der Waals surface area (Å²) in [5, 5.41) is 3.02. The maximum absolute atomic E-state index is 13.1. The van der Waals surface area contributed by atoms with Gasteiger partial charge in [0.15, 0.2) is 0 Å². The van der Waals surface area contributed by atoms with Crippen molar-refractivity contribution in [2.75, 3.05) is 6.54 Å². The highest BCUT2D eigenvalue weighted by Gasteiger charge is 2.42. The third kappa shape index (κ3) is 3.94. The first-order chi connectivity index (χ1) is 15.3. The molecule has 32 heavy (non-hydrogen) atoms. The third-order valence-corrected chi connectivity index (χ3v) is 6.04. The molecular formula is C23H21F3N4O2. The number of rotatable bonds is 5. The number of aromatic nitrogens is 2. The molecule has 1 aliphatic carbocycles. The molecule has 1 aliphatic heterocycles. The fourth-order valence-electron chi connectivity index (χ4n) is 4.25. The lowest BCUT2D eigenvalue weighted by Crippen LogP contribution is -2.36. The largest absolute Gasteiger partial charge is 0.449 e. The highest BCUT2D eigenvalue weighted by atomic mass is 19.4. The Morgan fingerprint density at radius 2 is 1.88 bits per heavy atom. The van der Waals surface area contributed by atoms with Crippen molar-refractivity contribution >= 4 is 22.8 Å². The number of alkyl halides is 3. The van der Waals surface area contributed by atoms with Crippen LogP contribution in [0.1, 0.15) is 42.3 Å². The van der Waals surface area contributed by atoms with Crippen LogP contribution in [0.4, 0.5) is 13.2 Å². The third-order valence-electron chi connectivity index (χ3n) is 6.04. The number of imidazole rings is 1. The molecule has 1 saturated heterocycles. The number of fused-ring (bicyclic) bond motifs is 1. The molecule has 6 nitrogen and oxygen atoms in total. The summed E-state index contributed by atoms with van der Waals surface area (Å²) in [7, 11) is 0. The first kappa shape index (κ1) is 20.5. The summed E-state index contributed by atoms with van der Waals surface area (Å²) in [6, 6.07) is 13.6. The van der Waals surface area contributed by atoms with Crippen molar-refractivity contribution in [2.24, 2.45) is 5.92 Å². The zero-order valence-electron chi connectivity index (χ0n) is 17.0. The first-order valence-corrected chi connectivity index (χ1v) is 10.5. The van der Waals surface area contributed by atoms with Gasteiger partial charge in [-0.15, -0.1) is 0 Å². The lowest BCUT2D eigenvalue weighted by Gasteiger charge is -2.22. The van der Waals surface area contributed by atoms with E-state index in [-0.39, 0.29) is 35.3 Å². The van der Waals surface area contributed by atoms with Crippen molar-refractivity contribution in [3.05, 3.63) is 65.5 Å². The van der Waals surface area contributed by atoms with Gasteiger partial charge in [-0.2, -0.15) is 13.2 Å². The molecule has 2 aromatic carbocycles. The van der Waals surface area contributed by atoms with Gasteiger partial charge in [0.05, 0.1) is 23.0 Å². The Bertz CT molecular complexity index is 1170. The summed E-state index contributed by atoms with van der Waals surface area (Å²) in [5.41, 5.74) is 1.85. The van der Waals surface area contributed by atoms with Crippen molar-refractivity contribution in [3.63, 3.8) is 0 Å². The minimum atomic E-state index is -4.57. The van der Waals surface area contributed by atoms with Crippen molar-refractivity contribution in [3.8, 4) is 0 Å². The summed E-state index contributed by atoms with van der Waals surface area (Å²) >= 11 is 0. The van der Waals surface area contributed by atoms with Gasteiger partial charge in [-0.25, -0.2) is 4.98 Å². The first-order valence-electron chi connectivity index (χ1n) is 10.5. The van der Waals surface area contributed by atoms with E-state index in [0.717, 1.165) is 18.4 Å². The second-order valence-corrected chi connectivity index (χ2v) is 8.39. The molecule has 2 heterocycles. The molecule has 2 aliphatic rings. The number of halogens is 3. The van der Waals surface area contributed by atoms with Crippen molar-refractivity contribution in [2.45, 2.75) is 37.5 Å². The Balaban J connectivity index is 1.44. The minimum Gasteiger partial charge on any atom is -0.345 e. The lowest BCUT2D eigenvalue weighted by molar-refractivity contribution is -0.144. The number of nitrogens with zero attached hydrogens (tertiary/aromatic N) is 2. The van der Waals surface area contributed by atoms with Gasteiger partial charge in [-0.05, 0) is 36.1 Å². The van der Waals surface area contributed by atoms with Crippen LogP contribution in [-0.2, 0) is 15.8 Å². The molecule has 0 spiro atoms. The van der Waals surface area contributed by atoms with E-state index in [0.29, 0.717) is 12.1 Å². The van der Waals surface area contributed by atoms with E-state index in [2.05, 4.69) is 15.3 Å². The summed E-state index contributed by atoms with van der Waals surface area (Å²) in [4.78, 5) is 33.1. The van der Waals surface area contributed by atoms with Crippen LogP contribution in [0.25, 0.3) is 11.0 Å². The molecule has 0 bridgehead atoms. The van der Waals surface area contributed by atoms with E-state index < -0.39 is 24.0 Å². The van der Waals surface area contributed by atoms with E-state index in [4.69, 9.17) is 0 Å². The standard InChI is InChI=1S/C23H21F3N4O2/c24-23(25,26)22-27-17-9-6-14(10-18(17)28-22)20(13-4-2-1-3-5-13)29-21(32)15-11-19(31)30(12-15)16-7-8-16/h1-6,9-10,15-16,20H,7-8,11-12H2,(H,27,28)(H,29,32)/t15-,20-/m1/s1. The summed E-state index contributed by atoms with van der Waals surface area (Å²) < 4.78 is 39.1. The van der Waals surface area contributed by atoms with Gasteiger partial charge >= 0.3 is 6.18 Å². The number of H-pyrrole nitrogens is 1. The molecule has 2 N–H and O–H groups in total. The molecular weight excluding hydrogens is 421 g/mol. The topological polar surface area (TPSA) is 78.1 Å². The molecule has 2 atom stereocenters. The van der Waals surface area contributed by atoms with Gasteiger partial charge < -0.3 is 15.2 Å². The minimum absolute atomic E-state index is 0.00229. The Kier molecular flexibility index (Phi) is 4.91. The number of benzene rings is 2. The highest BCUT2D eigenvalue weighted by molar-refractivity contribution is 5.90. The number of amides is 2. The summed E-state index contributed by atoms with van der Waals surface area (Å²) in [6.45, 7) is 0.408. The zero-order chi connectivity index (χ0) is 22.5. The fourth-order valence-corrected chi connectivity index (χ4v) is 4.25. The molecule has 1 saturated carbocycles. The number of aromatic amines is 1. The zero-order valence-corrected chi connectivity index (χ0v) is 17.0. The highest BCUT2D eigenvalue weighted by Crippen LogP contribution is 2.34. The van der Waals surface area contributed by atoms with E-state index in [1.807, 2.05) is 30.3 Å². The van der Waals surface area contributed by atoms with Crippen LogP contribution in [0.5, 0.6) is 0 Å². The summed E-state index contributed by atoms with van der Waals surface area (Å²) in [5.74, 6) is -1.74. The molecule has 0 unspecified atom stereocenters. The van der Waals surface area contributed by atoms with Gasteiger partial charge in [0, 0.05) is 19.0 Å². The van der Waals surface area contributed by atoms with Gasteiger partial charge in [-0.3, -0.25) is 9.59 Å². The number of carbonyl (C=O) groups excluding carboxylic acids is 2. The smallest absolute Gasteiger partial charge is 0.345 e. The second-order valence-electron chi connectivity index (χ2n) is 8.39. The normalized spacial score (nSPS) is 20.0. The van der Waals surface area contributed by atoms with E-state index >= 15 is 0 Å². The van der Waals surface area contributed by atoms with Crippen LogP contribution in [0.3, 0.4) is 0 Å². The van der Waals surface area contributed by atoms with Gasteiger partial charge in [0.1, 0.15) is 0 Å². The number of hydrogen-bond donors (Lipinski definition) is 2. The monoisotopic (exact) mass is 442 g/mol. The predicted molar refractivity (Wildman–Crippen MR) is 110 cm³/mol. The number of carbonyl (C=O) groups is 2. The quantitative estimate of drug-likeness (QED) is 0.631. The number of nitrogens with one attached hydrogen (secondary N) is 2. The van der Waals surface area contributed by atoms with Crippen molar-refractivity contribution in [1.29, 1.82) is 0 Å². The molecule has 2 fully saturated rings. The van der Waals surface area contributed by atoms with Crippen LogP contribution < -0.4 is 5.32 Å². The molecule has 166 valence electrons. The second kappa shape index (κ2) is 7.65. The average Bonchev–Trinajstić information content (AvgIpc) is 3.38. The van der Waals surface area contributed by atoms with Crippen LogP contribution in [-0.4, -0.2) is 39.3 Å². The van der Waals surface area contributed by atoms with Crippen LogP contribution in [0, 0.1) is 5.92 Å². The molecule has 5 rings (SSSR count). The Morgan fingerprint density at radius 3 is 2.56 bits per heavy atom. The molecule has 2 amide bonds. The SMILES string of the molecule is O=C(N[C@H](c1ccccc1)c1ccc2nc(C(F)(F)F)[nH]c2c1)[C@@H]1CC(=O)N(C2CC2)C1. The maximum atomic E-state index is 13.1. The molecule has 3 aromatic rings. The van der Waals surface area contributed by atoms with E-state index in [9.17, 15) is 22.8 Å². The Hall–Kier alpha value is -3.36. The van der Waals surface area contributed by atoms with Crippen LogP contribution in [0.15, 0.2) is 48.5 Å². The van der Waals surface area contributed by atoms with Gasteiger partial charge in [-0.1, -0.05) is 36.4 Å². The molecule has 1 aromatic heterocycles. The van der Waals surface area contributed by atoms with Crippen molar-refractivity contribution < 1.29 is 22.8 Å². The van der Waals surface area contributed by atoms with Gasteiger partial charge in [0.2, 0.25) is 17.6 Å². The number of likely N-dealkylation sites (tertiary alicyclic amines) is 1. The predicted octanol–water partition coefficient (Wildman–Crippen LogP) is 3.80. The summed E-state index contributed by atoms with van der Waals surface area (Å²) in [6.07, 6.45) is -2.43. The average molecular weight is 442 g/mol. The van der Waals surface area contributed by atoms with Crippen molar-refractivity contribution in [1.82, 2.24) is 20.2 Å². The molecule has 9 heteroatoms. The van der Waals surface area contributed by atoms with E-state index in [1.165, 1.54) is 6.07 Å². The van der Waals surface area contributed by atoms with Crippen LogP contribution in [0.2, 0.25) is 0 Å². The van der Waals surface area contributed by atoms with Gasteiger partial charge in [0.25, 0.3) is 0 Å². The van der Waals surface area contributed by atoms with Crippen LogP contribution >= 0.6 is 0 Å². The molecule has 0 radical (unpaired) electrons. The lowest BCUT2D eigenvalue weighted by atomic mass is 9.97. The fraction of sp³-hybridized carbons (Fsp3) is 0.348. The van der Waals surface area contributed by atoms with E-state index in [1.54, 1.807) is 17.0 Å². The Morgan fingerprint density at radius 1 is 1.12 bits per heavy atom. The number of hydrogen-bond acceptors (Lipinski definition) is 3. The Labute approximate surface area is 181 Å².